The molecule has 3 fully saturated rings. The summed E-state index contributed by atoms with van der Waals surface area (Å²) in [6, 6.07) is 23.4. The molecule has 2 saturated heterocycles. The van der Waals surface area contributed by atoms with Crippen LogP contribution in [0, 0.1) is 0 Å². The number of piperazine rings is 1. The lowest BCUT2D eigenvalue weighted by atomic mass is 9.78. The van der Waals surface area contributed by atoms with E-state index in [-0.39, 0.29) is 41.5 Å². The molecular weight excluding hydrogens is 711 g/mol. The predicted molar refractivity (Wildman–Crippen MR) is 210 cm³/mol. The lowest BCUT2D eigenvalue weighted by Gasteiger charge is -2.36. The van der Waals surface area contributed by atoms with Crippen LogP contribution in [0.5, 0.6) is 11.5 Å². The number of imide groups is 2. The Balaban J connectivity index is 0.813. The molecule has 3 N–H and O–H groups in total. The first-order valence-electron chi connectivity index (χ1n) is 19.4. The van der Waals surface area contributed by atoms with Gasteiger partial charge in [0.2, 0.25) is 17.8 Å². The molecule has 0 radical (unpaired) electrons. The molecule has 4 aromatic rings. The summed E-state index contributed by atoms with van der Waals surface area (Å²) in [4.78, 5) is 62.7. The molecule has 4 aliphatic rings. The predicted octanol–water partition coefficient (Wildman–Crippen LogP) is 4.99. The highest BCUT2D eigenvalue weighted by molar-refractivity contribution is 6.23. The second-order valence-corrected chi connectivity index (χ2v) is 15.9. The van der Waals surface area contributed by atoms with Crippen LogP contribution < -0.4 is 30.3 Å². The highest BCUT2D eigenvalue weighted by Crippen LogP contribution is 2.36. The fourth-order valence-electron chi connectivity index (χ4n) is 8.12. The van der Waals surface area contributed by atoms with Crippen LogP contribution in [0.3, 0.4) is 0 Å². The maximum Gasteiger partial charge on any atom is 0.262 e. The zero-order chi connectivity index (χ0) is 39.1. The number of aromatic nitrogens is 2. The Labute approximate surface area is 326 Å². The standard InChI is InChI=1S/C43H47N7O6/c1-25-22-49(23-26(2)45-25)42-44-18-17-30(47-42)24-55-32-10-5-27(6-11-32)43(3,4)28-7-12-33(13-8-28)56-34-19-31(20-34)46-29-9-14-35-36(21-29)41(54)50(40(35)53)37-15-16-38(51)48-39(37)52/h5-14,17-18,21,25-26,31,34,37,45-46H,15-16,19-20,22-24H2,1-4H3,(H,48,51,52)/t25-,26+,31?,34?,37?. The van der Waals surface area contributed by atoms with Crippen molar-refractivity contribution >= 4 is 35.3 Å². The zero-order valence-corrected chi connectivity index (χ0v) is 32.1. The Morgan fingerprint density at radius 3 is 2.18 bits per heavy atom. The molecule has 8 rings (SSSR count). The number of benzene rings is 3. The van der Waals surface area contributed by atoms with Crippen molar-refractivity contribution in [3.8, 4) is 11.5 Å². The maximum atomic E-state index is 13.2. The number of piperidine rings is 1. The van der Waals surface area contributed by atoms with Gasteiger partial charge in [-0.05, 0) is 79.9 Å². The molecule has 0 bridgehead atoms. The second kappa shape index (κ2) is 15.0. The molecule has 0 spiro atoms. The molecule has 3 aliphatic heterocycles. The number of nitrogens with one attached hydrogen (secondary N) is 3. The third kappa shape index (κ3) is 7.55. The van der Waals surface area contributed by atoms with Gasteiger partial charge < -0.3 is 25.0 Å². The number of amides is 4. The van der Waals surface area contributed by atoms with Crippen LogP contribution in [0.4, 0.5) is 11.6 Å². The molecule has 1 aliphatic carbocycles. The fraction of sp³-hybridized carbons (Fsp3) is 0.395. The van der Waals surface area contributed by atoms with Gasteiger partial charge in [0.15, 0.2) is 0 Å². The Bertz CT molecular complexity index is 2140. The fourth-order valence-corrected chi connectivity index (χ4v) is 8.12. The van der Waals surface area contributed by atoms with E-state index in [2.05, 4.69) is 77.8 Å². The number of hydrogen-bond acceptors (Lipinski definition) is 11. The van der Waals surface area contributed by atoms with Gasteiger partial charge in [0.1, 0.15) is 30.3 Å². The molecule has 3 atom stereocenters. The van der Waals surface area contributed by atoms with Gasteiger partial charge in [0.05, 0.1) is 16.8 Å². The van der Waals surface area contributed by atoms with Crippen molar-refractivity contribution in [2.24, 2.45) is 0 Å². The van der Waals surface area contributed by atoms with Crippen LogP contribution in [0.1, 0.15) is 90.9 Å². The third-order valence-electron chi connectivity index (χ3n) is 11.3. The minimum absolute atomic E-state index is 0.0444. The molecule has 1 unspecified atom stereocenters. The van der Waals surface area contributed by atoms with Crippen LogP contribution in [0.25, 0.3) is 0 Å². The number of fused-ring (bicyclic) bond motifs is 1. The minimum Gasteiger partial charge on any atom is -0.490 e. The molecule has 290 valence electrons. The molecule has 4 heterocycles. The lowest BCUT2D eigenvalue weighted by Crippen LogP contribution is -2.54. The van der Waals surface area contributed by atoms with Crippen molar-refractivity contribution in [1.29, 1.82) is 0 Å². The van der Waals surface area contributed by atoms with Crippen molar-refractivity contribution in [3.63, 3.8) is 0 Å². The van der Waals surface area contributed by atoms with E-state index in [9.17, 15) is 19.2 Å². The lowest BCUT2D eigenvalue weighted by molar-refractivity contribution is -0.136. The van der Waals surface area contributed by atoms with Gasteiger partial charge in [-0.15, -0.1) is 0 Å². The van der Waals surface area contributed by atoms with E-state index in [1.807, 2.05) is 30.3 Å². The summed E-state index contributed by atoms with van der Waals surface area (Å²) in [6.07, 6.45) is 3.61. The Kier molecular flexibility index (Phi) is 9.96. The highest BCUT2D eigenvalue weighted by atomic mass is 16.5. The van der Waals surface area contributed by atoms with Gasteiger partial charge in [-0.1, -0.05) is 38.1 Å². The minimum atomic E-state index is -0.986. The summed E-state index contributed by atoms with van der Waals surface area (Å²) in [5.41, 5.74) is 4.16. The van der Waals surface area contributed by atoms with Crippen LogP contribution >= 0.6 is 0 Å². The summed E-state index contributed by atoms with van der Waals surface area (Å²) in [5, 5.41) is 9.22. The van der Waals surface area contributed by atoms with E-state index in [4.69, 9.17) is 14.5 Å². The number of carbonyl (C=O) groups excluding carboxylic acids is 4. The monoisotopic (exact) mass is 757 g/mol. The van der Waals surface area contributed by atoms with Crippen molar-refractivity contribution in [1.82, 2.24) is 25.5 Å². The van der Waals surface area contributed by atoms with Crippen LogP contribution in [-0.4, -0.2) is 81.9 Å². The normalized spacial score (nSPS) is 23.7. The van der Waals surface area contributed by atoms with Gasteiger partial charge in [0.25, 0.3) is 11.8 Å². The molecule has 13 heteroatoms. The van der Waals surface area contributed by atoms with Crippen LogP contribution in [0.15, 0.2) is 79.0 Å². The summed E-state index contributed by atoms with van der Waals surface area (Å²) in [6.45, 7) is 10.9. The molecule has 1 saturated carbocycles. The maximum absolute atomic E-state index is 13.2. The van der Waals surface area contributed by atoms with Crippen molar-refractivity contribution in [3.05, 3.63) is 107 Å². The number of ether oxygens (including phenoxy) is 2. The summed E-state index contributed by atoms with van der Waals surface area (Å²) >= 11 is 0. The number of nitrogens with zero attached hydrogens (tertiary/aromatic N) is 4. The number of anilines is 2. The summed E-state index contributed by atoms with van der Waals surface area (Å²) in [5.74, 6) is 0.273. The van der Waals surface area contributed by atoms with Gasteiger partial charge >= 0.3 is 0 Å². The van der Waals surface area contributed by atoms with E-state index in [0.29, 0.717) is 18.7 Å². The van der Waals surface area contributed by atoms with Gasteiger partial charge in [0, 0.05) is 67.8 Å². The van der Waals surface area contributed by atoms with E-state index >= 15 is 0 Å². The topological polar surface area (TPSA) is 155 Å². The van der Waals surface area contributed by atoms with Crippen molar-refractivity contribution in [2.45, 2.75) is 95.7 Å². The zero-order valence-electron chi connectivity index (χ0n) is 32.1. The summed E-state index contributed by atoms with van der Waals surface area (Å²) in [7, 11) is 0. The molecule has 56 heavy (non-hydrogen) atoms. The Morgan fingerprint density at radius 1 is 0.839 bits per heavy atom. The molecule has 1 aromatic heterocycles. The SMILES string of the molecule is C[C@@H]1CN(c2nccc(COc3ccc(C(C)(C)c4ccc(OC5CC(Nc6ccc7c(c6)C(=O)N(C6CCC(=O)NC6=O)C7=O)C5)cc4)cc3)n2)C[C@H](C)N1. The average molecular weight is 758 g/mol. The Morgan fingerprint density at radius 2 is 1.50 bits per heavy atom. The molecule has 3 aromatic carbocycles. The van der Waals surface area contributed by atoms with E-state index in [0.717, 1.165) is 65.2 Å². The Hall–Kier alpha value is -5.82. The first-order valence-corrected chi connectivity index (χ1v) is 19.4. The van der Waals surface area contributed by atoms with Gasteiger partial charge in [-0.2, -0.15) is 0 Å². The number of hydrogen-bond donors (Lipinski definition) is 3. The smallest absolute Gasteiger partial charge is 0.262 e. The first-order chi connectivity index (χ1) is 26.9. The first kappa shape index (κ1) is 37.1. The van der Waals surface area contributed by atoms with Crippen molar-refractivity contribution in [2.75, 3.05) is 23.3 Å². The van der Waals surface area contributed by atoms with E-state index in [1.165, 1.54) is 5.56 Å². The highest BCUT2D eigenvalue weighted by Gasteiger charge is 2.45. The largest absolute Gasteiger partial charge is 0.490 e. The van der Waals surface area contributed by atoms with Crippen LogP contribution in [0.2, 0.25) is 0 Å². The third-order valence-corrected chi connectivity index (χ3v) is 11.3. The molecule has 4 amide bonds. The van der Waals surface area contributed by atoms with E-state index < -0.39 is 29.7 Å². The van der Waals surface area contributed by atoms with Gasteiger partial charge in [-0.25, -0.2) is 9.97 Å². The quantitative estimate of drug-likeness (QED) is 0.177. The number of carbonyl (C=O) groups is 4. The molecule has 13 nitrogen and oxygen atoms in total. The average Bonchev–Trinajstić information content (AvgIpc) is 3.41. The van der Waals surface area contributed by atoms with Crippen molar-refractivity contribution < 1.29 is 28.7 Å². The second-order valence-electron chi connectivity index (χ2n) is 15.9. The molecular formula is C43H47N7O6. The van der Waals surface area contributed by atoms with E-state index in [1.54, 1.807) is 24.4 Å². The number of rotatable bonds is 11. The summed E-state index contributed by atoms with van der Waals surface area (Å²) < 4.78 is 12.4. The van der Waals surface area contributed by atoms with Gasteiger partial charge in [-0.3, -0.25) is 29.4 Å². The van der Waals surface area contributed by atoms with Crippen LogP contribution in [-0.2, 0) is 21.6 Å².